The second-order valence-electron chi connectivity index (χ2n) is 5.77. The van der Waals surface area contributed by atoms with Crippen molar-refractivity contribution in [2.45, 2.75) is 25.9 Å². The van der Waals surface area contributed by atoms with Gasteiger partial charge in [-0.25, -0.2) is 0 Å². The summed E-state index contributed by atoms with van der Waals surface area (Å²) >= 11 is 0. The summed E-state index contributed by atoms with van der Waals surface area (Å²) in [6, 6.07) is 9.96. The van der Waals surface area contributed by atoms with E-state index in [1.165, 1.54) is 11.3 Å². The lowest BCUT2D eigenvalue weighted by Gasteiger charge is -2.40. The van der Waals surface area contributed by atoms with Gasteiger partial charge in [-0.1, -0.05) is 17.7 Å². The van der Waals surface area contributed by atoms with Gasteiger partial charge in [-0.15, -0.1) is 0 Å². The van der Waals surface area contributed by atoms with Crippen LogP contribution in [0.2, 0.25) is 0 Å². The molecular formula is C15H25N3. The Morgan fingerprint density at radius 1 is 1.22 bits per heavy atom. The van der Waals surface area contributed by atoms with Gasteiger partial charge in [-0.3, -0.25) is 0 Å². The van der Waals surface area contributed by atoms with Crippen LogP contribution in [0.5, 0.6) is 0 Å². The van der Waals surface area contributed by atoms with E-state index < -0.39 is 0 Å². The topological polar surface area (TPSA) is 18.5 Å². The summed E-state index contributed by atoms with van der Waals surface area (Å²) < 4.78 is 0. The highest BCUT2D eigenvalue weighted by molar-refractivity contribution is 5.48. The Morgan fingerprint density at radius 2 is 1.89 bits per heavy atom. The Kier molecular flexibility index (Phi) is 4.25. The van der Waals surface area contributed by atoms with Gasteiger partial charge < -0.3 is 15.1 Å². The average Bonchev–Trinajstić information content (AvgIpc) is 2.28. The summed E-state index contributed by atoms with van der Waals surface area (Å²) in [5, 5.41) is 3.68. The van der Waals surface area contributed by atoms with E-state index in [0.717, 1.165) is 19.6 Å². The van der Waals surface area contributed by atoms with Gasteiger partial charge in [0.2, 0.25) is 0 Å². The van der Waals surface area contributed by atoms with Crippen molar-refractivity contribution in [3.63, 3.8) is 0 Å². The van der Waals surface area contributed by atoms with Crippen LogP contribution < -0.4 is 10.2 Å². The molecule has 1 aromatic carbocycles. The van der Waals surface area contributed by atoms with Crippen molar-refractivity contribution >= 4 is 5.69 Å². The van der Waals surface area contributed by atoms with Gasteiger partial charge in [0.25, 0.3) is 0 Å². The molecule has 2 unspecified atom stereocenters. The highest BCUT2D eigenvalue weighted by atomic mass is 15.2. The molecule has 1 aromatic rings. The van der Waals surface area contributed by atoms with Crippen molar-refractivity contribution in [2.75, 3.05) is 38.6 Å². The zero-order valence-corrected chi connectivity index (χ0v) is 12.0. The molecular weight excluding hydrogens is 222 g/mol. The van der Waals surface area contributed by atoms with E-state index >= 15 is 0 Å². The third kappa shape index (κ3) is 3.47. The van der Waals surface area contributed by atoms with E-state index in [2.05, 4.69) is 67.3 Å². The average molecular weight is 247 g/mol. The first-order valence-corrected chi connectivity index (χ1v) is 6.77. The first-order chi connectivity index (χ1) is 8.54. The third-order valence-electron chi connectivity index (χ3n) is 3.44. The van der Waals surface area contributed by atoms with Crippen molar-refractivity contribution in [3.8, 4) is 0 Å². The fourth-order valence-corrected chi connectivity index (χ4v) is 2.70. The number of aryl methyl sites for hydroxylation is 1. The Labute approximate surface area is 111 Å². The van der Waals surface area contributed by atoms with E-state index in [1.807, 2.05) is 0 Å². The normalized spacial score (nSPS) is 24.6. The molecule has 1 fully saturated rings. The smallest absolute Gasteiger partial charge is 0.0373 e. The van der Waals surface area contributed by atoms with Crippen molar-refractivity contribution in [3.05, 3.63) is 29.8 Å². The molecule has 1 aliphatic rings. The third-order valence-corrected chi connectivity index (χ3v) is 3.44. The molecule has 0 radical (unpaired) electrons. The lowest BCUT2D eigenvalue weighted by molar-refractivity contribution is 0.297. The standard InChI is InChI=1S/C15H25N3/c1-12-5-7-15(8-6-12)18-9-13(2)16-14(11-18)10-17(3)4/h5-8,13-14,16H,9-11H2,1-4H3. The van der Waals surface area contributed by atoms with Crippen LogP contribution in [0.25, 0.3) is 0 Å². The second kappa shape index (κ2) is 5.72. The fourth-order valence-electron chi connectivity index (χ4n) is 2.70. The number of nitrogens with one attached hydrogen (secondary N) is 1. The minimum atomic E-state index is 0.546. The summed E-state index contributed by atoms with van der Waals surface area (Å²) in [7, 11) is 4.27. The quantitative estimate of drug-likeness (QED) is 0.877. The monoisotopic (exact) mass is 247 g/mol. The Hall–Kier alpha value is -1.06. The molecule has 0 aromatic heterocycles. The molecule has 3 heteroatoms. The molecule has 0 spiro atoms. The molecule has 0 bridgehead atoms. The molecule has 0 aliphatic carbocycles. The number of likely N-dealkylation sites (N-methyl/N-ethyl adjacent to an activating group) is 1. The largest absolute Gasteiger partial charge is 0.368 e. The van der Waals surface area contributed by atoms with E-state index in [1.54, 1.807) is 0 Å². The molecule has 18 heavy (non-hydrogen) atoms. The molecule has 2 atom stereocenters. The van der Waals surface area contributed by atoms with Gasteiger partial charge in [-0.2, -0.15) is 0 Å². The Balaban J connectivity index is 2.06. The van der Waals surface area contributed by atoms with E-state index in [0.29, 0.717) is 12.1 Å². The van der Waals surface area contributed by atoms with Gasteiger partial charge in [0.05, 0.1) is 0 Å². The van der Waals surface area contributed by atoms with Crippen LogP contribution in [0.4, 0.5) is 5.69 Å². The predicted octanol–water partition coefficient (Wildman–Crippen LogP) is 1.72. The van der Waals surface area contributed by atoms with Crippen molar-refractivity contribution < 1.29 is 0 Å². The zero-order valence-electron chi connectivity index (χ0n) is 12.0. The van der Waals surface area contributed by atoms with Crippen LogP contribution in [0.15, 0.2) is 24.3 Å². The van der Waals surface area contributed by atoms with Gasteiger partial charge in [0, 0.05) is 37.4 Å². The van der Waals surface area contributed by atoms with Crippen LogP contribution in [0.1, 0.15) is 12.5 Å². The number of rotatable bonds is 3. The Bertz CT molecular complexity index is 370. The lowest BCUT2D eigenvalue weighted by Crippen LogP contribution is -2.58. The summed E-state index contributed by atoms with van der Waals surface area (Å²) in [6.07, 6.45) is 0. The summed E-state index contributed by atoms with van der Waals surface area (Å²) in [6.45, 7) is 7.67. The molecule has 100 valence electrons. The van der Waals surface area contributed by atoms with E-state index in [-0.39, 0.29) is 0 Å². The summed E-state index contributed by atoms with van der Waals surface area (Å²) in [5.74, 6) is 0. The molecule has 1 aliphatic heterocycles. The summed E-state index contributed by atoms with van der Waals surface area (Å²) in [5.41, 5.74) is 2.67. The highest BCUT2D eigenvalue weighted by Gasteiger charge is 2.24. The number of nitrogens with zero attached hydrogens (tertiary/aromatic N) is 2. The van der Waals surface area contributed by atoms with Crippen LogP contribution in [-0.2, 0) is 0 Å². The number of hydrogen-bond donors (Lipinski definition) is 1. The first-order valence-electron chi connectivity index (χ1n) is 6.77. The molecule has 0 saturated carbocycles. The SMILES string of the molecule is Cc1ccc(N2CC(C)NC(CN(C)C)C2)cc1. The predicted molar refractivity (Wildman–Crippen MR) is 78.3 cm³/mol. The van der Waals surface area contributed by atoms with E-state index in [9.17, 15) is 0 Å². The fraction of sp³-hybridized carbons (Fsp3) is 0.600. The number of benzene rings is 1. The van der Waals surface area contributed by atoms with Crippen LogP contribution in [-0.4, -0.2) is 50.7 Å². The maximum Gasteiger partial charge on any atom is 0.0373 e. The highest BCUT2D eigenvalue weighted by Crippen LogP contribution is 2.18. The first kappa shape index (κ1) is 13.4. The van der Waals surface area contributed by atoms with Gasteiger partial charge >= 0.3 is 0 Å². The number of hydrogen-bond acceptors (Lipinski definition) is 3. The van der Waals surface area contributed by atoms with Gasteiger partial charge in [0.15, 0.2) is 0 Å². The second-order valence-corrected chi connectivity index (χ2v) is 5.77. The molecule has 3 nitrogen and oxygen atoms in total. The molecule has 1 saturated heterocycles. The van der Waals surface area contributed by atoms with Gasteiger partial charge in [-0.05, 0) is 40.1 Å². The number of piperazine rings is 1. The van der Waals surface area contributed by atoms with Crippen molar-refractivity contribution in [2.24, 2.45) is 0 Å². The van der Waals surface area contributed by atoms with Crippen molar-refractivity contribution in [1.82, 2.24) is 10.2 Å². The number of anilines is 1. The minimum Gasteiger partial charge on any atom is -0.368 e. The van der Waals surface area contributed by atoms with Crippen LogP contribution >= 0.6 is 0 Å². The zero-order chi connectivity index (χ0) is 13.1. The van der Waals surface area contributed by atoms with Crippen LogP contribution in [0, 0.1) is 6.92 Å². The van der Waals surface area contributed by atoms with E-state index in [4.69, 9.17) is 0 Å². The molecule has 1 N–H and O–H groups in total. The molecule has 2 rings (SSSR count). The van der Waals surface area contributed by atoms with Gasteiger partial charge in [0.1, 0.15) is 0 Å². The Morgan fingerprint density at radius 3 is 2.50 bits per heavy atom. The van der Waals surface area contributed by atoms with Crippen molar-refractivity contribution in [1.29, 1.82) is 0 Å². The summed E-state index contributed by atoms with van der Waals surface area (Å²) in [4.78, 5) is 4.75. The molecule has 0 amide bonds. The minimum absolute atomic E-state index is 0.546. The van der Waals surface area contributed by atoms with Crippen LogP contribution in [0.3, 0.4) is 0 Å². The maximum absolute atomic E-state index is 3.68. The lowest BCUT2D eigenvalue weighted by atomic mass is 10.1. The molecule has 1 heterocycles. The maximum atomic E-state index is 3.68.